The summed E-state index contributed by atoms with van der Waals surface area (Å²) < 4.78 is 32.9. The first-order valence-electron chi connectivity index (χ1n) is 15.9. The maximum atomic E-state index is 13.5. The van der Waals surface area contributed by atoms with E-state index in [4.69, 9.17) is 4.74 Å². The summed E-state index contributed by atoms with van der Waals surface area (Å²) in [6.07, 6.45) is 2.09. The quantitative estimate of drug-likeness (QED) is 0.145. The molecule has 0 aromatic heterocycles. The molecule has 1 aliphatic rings. The summed E-state index contributed by atoms with van der Waals surface area (Å²) in [7, 11) is 0. The van der Waals surface area contributed by atoms with E-state index in [1.807, 2.05) is 48.5 Å². The average Bonchev–Trinajstić information content (AvgIpc) is 3.42. The molecule has 5 rings (SSSR count). The van der Waals surface area contributed by atoms with Gasteiger partial charge in [0.1, 0.15) is 5.75 Å². The van der Waals surface area contributed by atoms with Gasteiger partial charge in [0.25, 0.3) is 5.92 Å². The van der Waals surface area contributed by atoms with Crippen LogP contribution in [0.15, 0.2) is 128 Å². The van der Waals surface area contributed by atoms with Crippen molar-refractivity contribution >= 4 is 39.8 Å². The number of nitrogens with zero attached hydrogens (tertiary/aromatic N) is 7. The fourth-order valence-electron chi connectivity index (χ4n) is 5.34. The van der Waals surface area contributed by atoms with Crippen molar-refractivity contribution in [3.8, 4) is 5.75 Å². The summed E-state index contributed by atoms with van der Waals surface area (Å²) in [5, 5.41) is 25.8. The molecule has 1 aliphatic heterocycles. The van der Waals surface area contributed by atoms with Crippen LogP contribution >= 0.6 is 0 Å². The van der Waals surface area contributed by atoms with E-state index in [0.29, 0.717) is 52.9 Å². The molecular formula is C37H41F2N7O. The number of alkyl halides is 2. The Morgan fingerprint density at radius 3 is 1.40 bits per heavy atom. The smallest absolute Gasteiger partial charge is 0.266 e. The SMILES string of the molecule is CC(CCOc1ccc(/N=N/c2ccc(/N=N/c3ccc(/N=N/c4ccc(N5CCC(F)(F)C5)cc4)cc3)cc2)cc1)CC(C)(C)C. The Morgan fingerprint density at radius 2 is 1.04 bits per heavy atom. The molecule has 1 heterocycles. The molecule has 4 aromatic rings. The van der Waals surface area contributed by atoms with Crippen LogP contribution in [-0.2, 0) is 0 Å². The summed E-state index contributed by atoms with van der Waals surface area (Å²) in [5.74, 6) is -1.18. The van der Waals surface area contributed by atoms with Gasteiger partial charge in [-0.1, -0.05) is 27.7 Å². The van der Waals surface area contributed by atoms with Crippen LogP contribution < -0.4 is 9.64 Å². The second kappa shape index (κ2) is 15.2. The van der Waals surface area contributed by atoms with E-state index in [1.54, 1.807) is 53.4 Å². The van der Waals surface area contributed by atoms with E-state index in [1.165, 1.54) is 6.42 Å². The lowest BCUT2D eigenvalue weighted by Crippen LogP contribution is -2.24. The second-order valence-corrected chi connectivity index (χ2v) is 13.2. The largest absolute Gasteiger partial charge is 0.494 e. The number of anilines is 1. The first-order chi connectivity index (χ1) is 22.5. The zero-order valence-electron chi connectivity index (χ0n) is 27.4. The van der Waals surface area contributed by atoms with Crippen molar-refractivity contribution in [2.75, 3.05) is 24.6 Å². The van der Waals surface area contributed by atoms with Crippen molar-refractivity contribution in [3.63, 3.8) is 0 Å². The van der Waals surface area contributed by atoms with Gasteiger partial charge in [-0.15, -0.1) is 0 Å². The number of azo groups is 3. The maximum absolute atomic E-state index is 13.5. The number of hydrogen-bond acceptors (Lipinski definition) is 8. The van der Waals surface area contributed by atoms with Gasteiger partial charge in [-0.05, 0) is 121 Å². The van der Waals surface area contributed by atoms with E-state index in [-0.39, 0.29) is 13.0 Å². The topological polar surface area (TPSA) is 86.6 Å². The van der Waals surface area contributed by atoms with Crippen molar-refractivity contribution in [2.45, 2.75) is 52.9 Å². The van der Waals surface area contributed by atoms with E-state index < -0.39 is 5.92 Å². The van der Waals surface area contributed by atoms with Crippen molar-refractivity contribution in [1.29, 1.82) is 0 Å². The molecule has 0 N–H and O–H groups in total. The average molecular weight is 638 g/mol. The van der Waals surface area contributed by atoms with Crippen LogP contribution in [-0.4, -0.2) is 25.6 Å². The van der Waals surface area contributed by atoms with Crippen molar-refractivity contribution < 1.29 is 13.5 Å². The van der Waals surface area contributed by atoms with E-state index in [9.17, 15) is 8.78 Å². The lowest BCUT2D eigenvalue weighted by molar-refractivity contribution is 0.0257. The molecule has 4 aromatic carbocycles. The molecule has 0 radical (unpaired) electrons. The zero-order chi connectivity index (χ0) is 33.3. The Kier molecular flexibility index (Phi) is 10.8. The molecule has 1 atom stereocenters. The molecule has 8 nitrogen and oxygen atoms in total. The van der Waals surface area contributed by atoms with Crippen LogP contribution in [0.3, 0.4) is 0 Å². The Labute approximate surface area is 275 Å². The van der Waals surface area contributed by atoms with Crippen LogP contribution in [0.5, 0.6) is 5.75 Å². The fourth-order valence-corrected chi connectivity index (χ4v) is 5.34. The van der Waals surface area contributed by atoms with Crippen LogP contribution in [0.25, 0.3) is 0 Å². The molecule has 1 fully saturated rings. The number of rotatable bonds is 12. The zero-order valence-corrected chi connectivity index (χ0v) is 27.4. The molecule has 0 spiro atoms. The second-order valence-electron chi connectivity index (χ2n) is 13.2. The highest BCUT2D eigenvalue weighted by Gasteiger charge is 2.38. The van der Waals surface area contributed by atoms with E-state index >= 15 is 0 Å². The molecule has 0 amide bonds. The van der Waals surface area contributed by atoms with Crippen molar-refractivity contribution in [2.24, 2.45) is 42.0 Å². The Hall–Kier alpha value is -4.86. The van der Waals surface area contributed by atoms with Crippen LogP contribution in [0.4, 0.5) is 48.6 Å². The first kappa shape index (κ1) is 33.5. The Morgan fingerprint density at radius 1 is 0.660 bits per heavy atom. The fraction of sp³-hybridized carbons (Fsp3) is 0.351. The Balaban J connectivity index is 1.06. The third-order valence-electron chi connectivity index (χ3n) is 7.60. The number of hydrogen-bond donors (Lipinski definition) is 0. The molecule has 244 valence electrons. The summed E-state index contributed by atoms with van der Waals surface area (Å²) in [6, 6.07) is 29.3. The normalized spacial score (nSPS) is 15.7. The molecular weight excluding hydrogens is 596 g/mol. The highest BCUT2D eigenvalue weighted by atomic mass is 19.3. The van der Waals surface area contributed by atoms with Crippen LogP contribution in [0.2, 0.25) is 0 Å². The first-order valence-corrected chi connectivity index (χ1v) is 15.9. The summed E-state index contributed by atoms with van der Waals surface area (Å²) in [4.78, 5) is 1.68. The third kappa shape index (κ3) is 10.9. The van der Waals surface area contributed by atoms with Gasteiger partial charge in [0.15, 0.2) is 0 Å². The molecule has 0 saturated carbocycles. The van der Waals surface area contributed by atoms with Gasteiger partial charge >= 0.3 is 0 Å². The summed E-state index contributed by atoms with van der Waals surface area (Å²) in [6.45, 7) is 9.88. The maximum Gasteiger partial charge on any atom is 0.266 e. The molecule has 47 heavy (non-hydrogen) atoms. The van der Waals surface area contributed by atoms with Crippen molar-refractivity contribution in [3.05, 3.63) is 97.1 Å². The molecule has 0 aliphatic carbocycles. The lowest BCUT2D eigenvalue weighted by Gasteiger charge is -2.23. The predicted molar refractivity (Wildman–Crippen MR) is 183 cm³/mol. The van der Waals surface area contributed by atoms with E-state index in [0.717, 1.165) is 23.5 Å². The van der Waals surface area contributed by atoms with Gasteiger partial charge in [-0.25, -0.2) is 8.78 Å². The van der Waals surface area contributed by atoms with E-state index in [2.05, 4.69) is 58.4 Å². The van der Waals surface area contributed by atoms with Gasteiger partial charge in [0.2, 0.25) is 0 Å². The summed E-state index contributed by atoms with van der Waals surface area (Å²) in [5.41, 5.74) is 5.20. The Bertz CT molecular complexity index is 1660. The minimum Gasteiger partial charge on any atom is -0.494 e. The van der Waals surface area contributed by atoms with Crippen LogP contribution in [0, 0.1) is 11.3 Å². The number of ether oxygens (including phenoxy) is 1. The van der Waals surface area contributed by atoms with Gasteiger partial charge in [0, 0.05) is 18.7 Å². The number of halogens is 2. The summed E-state index contributed by atoms with van der Waals surface area (Å²) >= 11 is 0. The predicted octanol–water partition coefficient (Wildman–Crippen LogP) is 12.6. The third-order valence-corrected chi connectivity index (χ3v) is 7.60. The molecule has 10 heteroatoms. The van der Waals surface area contributed by atoms with Gasteiger partial charge in [-0.2, -0.15) is 30.7 Å². The highest BCUT2D eigenvalue weighted by molar-refractivity contribution is 5.54. The molecule has 1 saturated heterocycles. The standard InChI is InChI=1S/C37H41F2N7O/c1-27(25-36(2,3)4)21-24-47-35-19-15-33(16-20-35)45-43-31-11-7-29(8-12-31)41-40-28-5-9-30(10-6-28)42-44-32-13-17-34(18-14-32)46-23-22-37(38,39)26-46/h5-20,27H,21-26H2,1-4H3/b41-40+,44-42+,45-43+. The minimum absolute atomic E-state index is 0.117. The van der Waals surface area contributed by atoms with Gasteiger partial charge in [0.05, 0.1) is 47.3 Å². The number of benzene rings is 4. The monoisotopic (exact) mass is 637 g/mol. The lowest BCUT2D eigenvalue weighted by atomic mass is 9.84. The van der Waals surface area contributed by atoms with Gasteiger partial charge in [-0.3, -0.25) is 0 Å². The minimum atomic E-state index is -2.63. The highest BCUT2D eigenvalue weighted by Crippen LogP contribution is 2.32. The molecule has 0 bridgehead atoms. The van der Waals surface area contributed by atoms with Crippen LogP contribution in [0.1, 0.15) is 47.0 Å². The molecule has 1 unspecified atom stereocenters. The van der Waals surface area contributed by atoms with Crippen molar-refractivity contribution in [1.82, 2.24) is 0 Å². The van der Waals surface area contributed by atoms with Gasteiger partial charge < -0.3 is 9.64 Å².